The highest BCUT2D eigenvalue weighted by atomic mass is 79.9. The third kappa shape index (κ3) is 1.22. The molecule has 0 aromatic heterocycles. The second-order valence-electron chi connectivity index (χ2n) is 7.57. The molecule has 0 amide bonds. The van der Waals surface area contributed by atoms with Crippen molar-refractivity contribution in [3.05, 3.63) is 0 Å². The summed E-state index contributed by atoms with van der Waals surface area (Å²) >= 11 is 4.02. The van der Waals surface area contributed by atoms with Gasteiger partial charge >= 0.3 is 0 Å². The van der Waals surface area contributed by atoms with Crippen LogP contribution in [0, 0.1) is 41.4 Å². The molecule has 1 heteroatoms. The molecule has 6 bridgehead atoms. The Morgan fingerprint density at radius 2 is 1.38 bits per heavy atom. The Bertz CT molecular complexity index is 282. The Morgan fingerprint density at radius 3 is 1.94 bits per heavy atom. The third-order valence-electron chi connectivity index (χ3n) is 6.69. The molecule has 0 radical (unpaired) electrons. The van der Waals surface area contributed by atoms with Gasteiger partial charge in [0.25, 0.3) is 0 Å². The number of rotatable bonds is 0. The number of alkyl halides is 1. The number of hydrogen-bond acceptors (Lipinski definition) is 0. The van der Waals surface area contributed by atoms with Crippen molar-refractivity contribution in [3.63, 3.8) is 0 Å². The van der Waals surface area contributed by atoms with Crippen LogP contribution in [0.5, 0.6) is 0 Å². The lowest BCUT2D eigenvalue weighted by molar-refractivity contribution is -0.150. The van der Waals surface area contributed by atoms with Gasteiger partial charge in [-0.05, 0) is 80.5 Å². The molecule has 4 unspecified atom stereocenters. The van der Waals surface area contributed by atoms with E-state index in [4.69, 9.17) is 0 Å². The fourth-order valence-electron chi connectivity index (χ4n) is 6.29. The smallest absolute Gasteiger partial charge is 0.0235 e. The molecule has 90 valence electrons. The van der Waals surface area contributed by atoms with Gasteiger partial charge in [-0.2, -0.15) is 0 Å². The van der Waals surface area contributed by atoms with Crippen molar-refractivity contribution in [2.24, 2.45) is 41.4 Å². The van der Waals surface area contributed by atoms with Gasteiger partial charge in [-0.25, -0.2) is 0 Å². The molecule has 5 aliphatic carbocycles. The number of hydrogen-bond donors (Lipinski definition) is 0. The third-order valence-corrected chi connectivity index (χ3v) is 7.34. The monoisotopic (exact) mass is 282 g/mol. The predicted octanol–water partition coefficient (Wildman–Crippen LogP) is 4.48. The van der Waals surface area contributed by atoms with Crippen LogP contribution in [0.4, 0.5) is 0 Å². The van der Waals surface area contributed by atoms with Gasteiger partial charge < -0.3 is 0 Å². The van der Waals surface area contributed by atoms with Crippen LogP contribution in [0.1, 0.15) is 46.0 Å². The molecule has 0 aromatic rings. The van der Waals surface area contributed by atoms with Gasteiger partial charge in [-0.3, -0.25) is 0 Å². The van der Waals surface area contributed by atoms with Gasteiger partial charge in [0.2, 0.25) is 0 Å². The van der Waals surface area contributed by atoms with Crippen LogP contribution in [-0.2, 0) is 0 Å². The van der Waals surface area contributed by atoms with Gasteiger partial charge in [-0.15, -0.1) is 0 Å². The molecule has 0 aliphatic heterocycles. The van der Waals surface area contributed by atoms with Gasteiger partial charge in [0.05, 0.1) is 0 Å². The fraction of sp³-hybridized carbons (Fsp3) is 1.00. The van der Waals surface area contributed by atoms with E-state index < -0.39 is 0 Å². The van der Waals surface area contributed by atoms with Crippen LogP contribution in [0.15, 0.2) is 0 Å². The van der Waals surface area contributed by atoms with Crippen molar-refractivity contribution >= 4 is 15.9 Å². The van der Waals surface area contributed by atoms with Crippen molar-refractivity contribution in [1.29, 1.82) is 0 Å². The molecular formula is C15H23Br. The van der Waals surface area contributed by atoms with E-state index in [1.54, 1.807) is 19.3 Å². The van der Waals surface area contributed by atoms with E-state index in [0.717, 1.165) is 41.4 Å². The van der Waals surface area contributed by atoms with Crippen molar-refractivity contribution in [1.82, 2.24) is 0 Å². The highest BCUT2D eigenvalue weighted by molar-refractivity contribution is 9.10. The summed E-state index contributed by atoms with van der Waals surface area (Å²) in [5.74, 6) is 7.64. The Kier molecular flexibility index (Phi) is 2.00. The van der Waals surface area contributed by atoms with E-state index in [1.807, 2.05) is 0 Å². The zero-order valence-electron chi connectivity index (χ0n) is 10.5. The summed E-state index contributed by atoms with van der Waals surface area (Å²) in [4.78, 5) is 0. The zero-order valence-corrected chi connectivity index (χ0v) is 12.0. The summed E-state index contributed by atoms with van der Waals surface area (Å²) in [5.41, 5.74) is 0. The molecule has 0 aromatic carbocycles. The van der Waals surface area contributed by atoms with E-state index in [2.05, 4.69) is 29.8 Å². The molecule has 5 fully saturated rings. The first kappa shape index (κ1) is 10.4. The van der Waals surface area contributed by atoms with Gasteiger partial charge in [0, 0.05) is 4.32 Å². The molecule has 0 spiro atoms. The van der Waals surface area contributed by atoms with Crippen molar-refractivity contribution in [3.8, 4) is 0 Å². The maximum absolute atomic E-state index is 4.02. The minimum absolute atomic E-state index is 0.472. The number of halogens is 1. The highest BCUT2D eigenvalue weighted by Crippen LogP contribution is 2.67. The van der Waals surface area contributed by atoms with Crippen LogP contribution in [0.3, 0.4) is 0 Å². The molecule has 5 rings (SSSR count). The first-order valence-electron chi connectivity index (χ1n) is 7.24. The van der Waals surface area contributed by atoms with E-state index >= 15 is 0 Å². The quantitative estimate of drug-likeness (QED) is 0.575. The predicted molar refractivity (Wildman–Crippen MR) is 70.5 cm³/mol. The summed E-state index contributed by atoms with van der Waals surface area (Å²) in [7, 11) is 0. The van der Waals surface area contributed by atoms with Crippen LogP contribution in [0.25, 0.3) is 0 Å². The molecule has 4 atom stereocenters. The minimum Gasteiger partial charge on any atom is -0.0856 e. The van der Waals surface area contributed by atoms with E-state index in [1.165, 1.54) is 12.8 Å². The van der Waals surface area contributed by atoms with E-state index in [-0.39, 0.29) is 0 Å². The average molecular weight is 283 g/mol. The summed E-state index contributed by atoms with van der Waals surface area (Å²) in [6.45, 7) is 5.03. The molecule has 0 heterocycles. The fourth-order valence-corrected chi connectivity index (χ4v) is 7.04. The molecular weight excluding hydrogens is 260 g/mol. The molecule has 5 saturated carbocycles. The molecule has 16 heavy (non-hydrogen) atoms. The van der Waals surface area contributed by atoms with Crippen LogP contribution < -0.4 is 0 Å². The summed E-state index contributed by atoms with van der Waals surface area (Å²) in [6, 6.07) is 0. The van der Waals surface area contributed by atoms with Crippen molar-refractivity contribution < 1.29 is 0 Å². The lowest BCUT2D eigenvalue weighted by Gasteiger charge is -2.66. The van der Waals surface area contributed by atoms with Gasteiger partial charge in [0.1, 0.15) is 0 Å². The highest BCUT2D eigenvalue weighted by Gasteiger charge is 2.60. The summed E-state index contributed by atoms with van der Waals surface area (Å²) in [6.07, 6.45) is 7.67. The topological polar surface area (TPSA) is 0 Å². The normalized spacial score (nSPS) is 67.3. The first-order valence-corrected chi connectivity index (χ1v) is 8.03. The van der Waals surface area contributed by atoms with E-state index in [0.29, 0.717) is 4.32 Å². The van der Waals surface area contributed by atoms with Crippen molar-refractivity contribution in [2.75, 3.05) is 0 Å². The molecule has 0 saturated heterocycles. The Labute approximate surface area is 108 Å². The second kappa shape index (κ2) is 3.08. The summed E-state index contributed by atoms with van der Waals surface area (Å²) in [5, 5.41) is 0. The minimum atomic E-state index is 0.472. The van der Waals surface area contributed by atoms with Crippen molar-refractivity contribution in [2.45, 2.75) is 50.3 Å². The Hall–Kier alpha value is 0.480. The Morgan fingerprint density at radius 1 is 0.875 bits per heavy atom. The van der Waals surface area contributed by atoms with Gasteiger partial charge in [-0.1, -0.05) is 22.9 Å². The molecule has 0 N–H and O–H groups in total. The maximum Gasteiger partial charge on any atom is 0.0235 e. The largest absolute Gasteiger partial charge is 0.0856 e. The first-order chi connectivity index (χ1) is 7.55. The second-order valence-corrected chi connectivity index (χ2v) is 9.49. The van der Waals surface area contributed by atoms with Crippen LogP contribution in [0.2, 0.25) is 0 Å². The standard InChI is InChI=1S/C15H23Br/c1-8-10-3-9-4-11(8)14-7-15(2,16)6-13(10)12(14)5-9/h8-14H,3-7H2,1-2H3. The van der Waals surface area contributed by atoms with Crippen LogP contribution in [-0.4, -0.2) is 4.32 Å². The average Bonchev–Trinajstić information content (AvgIpc) is 2.22. The van der Waals surface area contributed by atoms with Crippen LogP contribution >= 0.6 is 15.9 Å². The lowest BCUT2D eigenvalue weighted by Crippen LogP contribution is -2.59. The Balaban J connectivity index is 1.76. The lowest BCUT2D eigenvalue weighted by atomic mass is 9.41. The van der Waals surface area contributed by atoms with E-state index in [9.17, 15) is 0 Å². The maximum atomic E-state index is 4.02. The zero-order chi connectivity index (χ0) is 11.1. The molecule has 5 aliphatic rings. The summed E-state index contributed by atoms with van der Waals surface area (Å²) < 4.78 is 0.472. The van der Waals surface area contributed by atoms with Gasteiger partial charge in [0.15, 0.2) is 0 Å². The SMILES string of the molecule is CC1C2CC3CC1C1CC(C)(Br)CC2C1C3. The molecule has 0 nitrogen and oxygen atoms in total.